The number of hydrogen-bond acceptors (Lipinski definition) is 2. The third-order valence-electron chi connectivity index (χ3n) is 2.94. The summed E-state index contributed by atoms with van der Waals surface area (Å²) < 4.78 is 28.7. The molecule has 2 nitrogen and oxygen atoms in total. The Morgan fingerprint density at radius 1 is 1.37 bits per heavy atom. The van der Waals surface area contributed by atoms with Crippen LogP contribution in [-0.2, 0) is 11.2 Å². The van der Waals surface area contributed by atoms with E-state index >= 15 is 0 Å². The molecule has 0 heterocycles. The molecule has 0 bridgehead atoms. The number of likely N-dealkylation sites (N-methyl/N-ethyl adjacent to an activating group) is 1. The SMILES string of the molecule is CNC(CCOCC(F)F)Cc1ccc(C)cc1Cl. The second kappa shape index (κ2) is 8.46. The van der Waals surface area contributed by atoms with E-state index in [0.717, 1.165) is 22.6 Å². The maximum atomic E-state index is 11.9. The molecule has 0 fully saturated rings. The van der Waals surface area contributed by atoms with Crippen LogP contribution in [0.25, 0.3) is 0 Å². The van der Waals surface area contributed by atoms with E-state index in [9.17, 15) is 8.78 Å². The van der Waals surface area contributed by atoms with E-state index < -0.39 is 13.0 Å². The lowest BCUT2D eigenvalue weighted by Gasteiger charge is -2.17. The van der Waals surface area contributed by atoms with Gasteiger partial charge in [0.15, 0.2) is 0 Å². The van der Waals surface area contributed by atoms with Crippen molar-refractivity contribution in [1.29, 1.82) is 0 Å². The Hall–Kier alpha value is -0.710. The number of halogens is 3. The van der Waals surface area contributed by atoms with Crippen LogP contribution >= 0.6 is 11.6 Å². The molecule has 1 aromatic carbocycles. The topological polar surface area (TPSA) is 21.3 Å². The van der Waals surface area contributed by atoms with Crippen LogP contribution in [0.4, 0.5) is 8.78 Å². The number of ether oxygens (including phenoxy) is 1. The molecule has 0 aliphatic carbocycles. The van der Waals surface area contributed by atoms with Gasteiger partial charge in [0.1, 0.15) is 6.61 Å². The van der Waals surface area contributed by atoms with Gasteiger partial charge in [-0.25, -0.2) is 8.78 Å². The molecule has 108 valence electrons. The Kier molecular flexibility index (Phi) is 7.28. The number of rotatable bonds is 8. The normalized spacial score (nSPS) is 12.9. The highest BCUT2D eigenvalue weighted by atomic mass is 35.5. The molecule has 0 amide bonds. The molecule has 0 aliphatic rings. The maximum Gasteiger partial charge on any atom is 0.261 e. The van der Waals surface area contributed by atoms with Gasteiger partial charge in [-0.1, -0.05) is 23.7 Å². The van der Waals surface area contributed by atoms with E-state index in [4.69, 9.17) is 16.3 Å². The van der Waals surface area contributed by atoms with Crippen molar-refractivity contribution in [1.82, 2.24) is 5.32 Å². The zero-order valence-corrected chi connectivity index (χ0v) is 12.0. The summed E-state index contributed by atoms with van der Waals surface area (Å²) >= 11 is 6.18. The van der Waals surface area contributed by atoms with Gasteiger partial charge in [-0.3, -0.25) is 0 Å². The second-order valence-corrected chi connectivity index (χ2v) is 4.95. The second-order valence-electron chi connectivity index (χ2n) is 4.54. The molecular weight excluding hydrogens is 272 g/mol. The lowest BCUT2D eigenvalue weighted by molar-refractivity contribution is 0.0146. The Morgan fingerprint density at radius 2 is 2.11 bits per heavy atom. The summed E-state index contributed by atoms with van der Waals surface area (Å²) in [4.78, 5) is 0. The quantitative estimate of drug-likeness (QED) is 0.741. The zero-order chi connectivity index (χ0) is 14.3. The van der Waals surface area contributed by atoms with Crippen LogP contribution in [0.3, 0.4) is 0 Å². The third-order valence-corrected chi connectivity index (χ3v) is 3.29. The van der Waals surface area contributed by atoms with E-state index in [1.165, 1.54) is 0 Å². The number of aryl methyl sites for hydroxylation is 1. The minimum absolute atomic E-state index is 0.165. The fraction of sp³-hybridized carbons (Fsp3) is 0.571. The van der Waals surface area contributed by atoms with E-state index in [1.54, 1.807) is 0 Å². The fourth-order valence-electron chi connectivity index (χ4n) is 1.83. The lowest BCUT2D eigenvalue weighted by atomic mass is 10.0. The van der Waals surface area contributed by atoms with E-state index in [-0.39, 0.29) is 6.04 Å². The average molecular weight is 292 g/mol. The van der Waals surface area contributed by atoms with Gasteiger partial charge in [0.05, 0.1) is 0 Å². The first-order valence-corrected chi connectivity index (χ1v) is 6.69. The van der Waals surface area contributed by atoms with Gasteiger partial charge < -0.3 is 10.1 Å². The molecule has 1 rings (SSSR count). The molecule has 0 spiro atoms. The van der Waals surface area contributed by atoms with Gasteiger partial charge in [-0.05, 0) is 44.0 Å². The Balaban J connectivity index is 2.43. The molecule has 0 aliphatic heterocycles. The molecule has 1 atom stereocenters. The van der Waals surface area contributed by atoms with Gasteiger partial charge in [0.25, 0.3) is 6.43 Å². The van der Waals surface area contributed by atoms with E-state index in [0.29, 0.717) is 13.0 Å². The molecule has 0 radical (unpaired) electrons. The maximum absolute atomic E-state index is 11.9. The summed E-state index contributed by atoms with van der Waals surface area (Å²) in [6.07, 6.45) is -0.972. The van der Waals surface area contributed by atoms with Gasteiger partial charge in [-0.15, -0.1) is 0 Å². The van der Waals surface area contributed by atoms with Crippen molar-refractivity contribution in [3.63, 3.8) is 0 Å². The molecule has 5 heteroatoms. The minimum atomic E-state index is -2.40. The summed E-state index contributed by atoms with van der Waals surface area (Å²) in [5.74, 6) is 0. The molecule has 19 heavy (non-hydrogen) atoms. The van der Waals surface area contributed by atoms with Crippen molar-refractivity contribution in [2.75, 3.05) is 20.3 Å². The number of benzene rings is 1. The number of hydrogen-bond donors (Lipinski definition) is 1. The molecular formula is C14H20ClF2NO. The summed E-state index contributed by atoms with van der Waals surface area (Å²) in [5, 5.41) is 3.90. The monoisotopic (exact) mass is 291 g/mol. The number of nitrogens with one attached hydrogen (secondary N) is 1. The highest BCUT2D eigenvalue weighted by Gasteiger charge is 2.11. The van der Waals surface area contributed by atoms with Crippen molar-refractivity contribution < 1.29 is 13.5 Å². The first-order valence-electron chi connectivity index (χ1n) is 6.31. The predicted octanol–water partition coefficient (Wildman–Crippen LogP) is 3.45. The van der Waals surface area contributed by atoms with Crippen LogP contribution in [0.1, 0.15) is 17.5 Å². The summed E-state index contributed by atoms with van der Waals surface area (Å²) in [5.41, 5.74) is 2.18. The largest absolute Gasteiger partial charge is 0.375 e. The molecule has 1 aromatic rings. The smallest absolute Gasteiger partial charge is 0.261 e. The van der Waals surface area contributed by atoms with Crippen LogP contribution in [-0.4, -0.2) is 32.7 Å². The van der Waals surface area contributed by atoms with Gasteiger partial charge in [0, 0.05) is 17.7 Å². The zero-order valence-electron chi connectivity index (χ0n) is 11.3. The Morgan fingerprint density at radius 3 is 2.68 bits per heavy atom. The lowest BCUT2D eigenvalue weighted by Crippen LogP contribution is -2.29. The van der Waals surface area contributed by atoms with Gasteiger partial charge in [-0.2, -0.15) is 0 Å². The third kappa shape index (κ3) is 6.32. The van der Waals surface area contributed by atoms with Crippen molar-refractivity contribution in [2.24, 2.45) is 0 Å². The van der Waals surface area contributed by atoms with Crippen molar-refractivity contribution in [3.8, 4) is 0 Å². The standard InChI is InChI=1S/C14H20ClF2NO/c1-10-3-4-11(13(15)7-10)8-12(18-2)5-6-19-9-14(16)17/h3-4,7,12,14,18H,5-6,8-9H2,1-2H3. The summed E-state index contributed by atoms with van der Waals surface area (Å²) in [7, 11) is 1.85. The average Bonchev–Trinajstić information content (AvgIpc) is 2.35. The predicted molar refractivity (Wildman–Crippen MR) is 74.2 cm³/mol. The highest BCUT2D eigenvalue weighted by Crippen LogP contribution is 2.19. The van der Waals surface area contributed by atoms with Gasteiger partial charge >= 0.3 is 0 Å². The molecule has 0 saturated carbocycles. The Labute approximate surface area is 118 Å². The fourth-order valence-corrected chi connectivity index (χ4v) is 2.14. The summed E-state index contributed by atoms with van der Waals surface area (Å²) in [6, 6.07) is 6.11. The Bertz CT molecular complexity index is 388. The summed E-state index contributed by atoms with van der Waals surface area (Å²) in [6.45, 7) is 1.81. The van der Waals surface area contributed by atoms with Crippen LogP contribution in [0.15, 0.2) is 18.2 Å². The molecule has 1 N–H and O–H groups in total. The molecule has 0 saturated heterocycles. The highest BCUT2D eigenvalue weighted by molar-refractivity contribution is 6.31. The van der Waals surface area contributed by atoms with Crippen molar-refractivity contribution in [2.45, 2.75) is 32.2 Å². The van der Waals surface area contributed by atoms with Crippen molar-refractivity contribution in [3.05, 3.63) is 34.3 Å². The van der Waals surface area contributed by atoms with Crippen LogP contribution < -0.4 is 5.32 Å². The first-order chi connectivity index (χ1) is 9.02. The van der Waals surface area contributed by atoms with E-state index in [1.807, 2.05) is 32.2 Å². The van der Waals surface area contributed by atoms with Crippen LogP contribution in [0, 0.1) is 6.92 Å². The van der Waals surface area contributed by atoms with Crippen LogP contribution in [0.5, 0.6) is 0 Å². The minimum Gasteiger partial charge on any atom is -0.375 e. The molecule has 1 unspecified atom stereocenters. The number of alkyl halides is 2. The van der Waals surface area contributed by atoms with Crippen LogP contribution in [0.2, 0.25) is 5.02 Å². The van der Waals surface area contributed by atoms with Crippen molar-refractivity contribution >= 4 is 11.6 Å². The molecule has 0 aromatic heterocycles. The van der Waals surface area contributed by atoms with E-state index in [2.05, 4.69) is 5.32 Å². The van der Waals surface area contributed by atoms with Gasteiger partial charge in [0.2, 0.25) is 0 Å². The first kappa shape index (κ1) is 16.3.